The molecule has 17 heavy (non-hydrogen) atoms. The summed E-state index contributed by atoms with van der Waals surface area (Å²) in [5, 5.41) is 0.595. The fourth-order valence-electron chi connectivity index (χ4n) is 2.30. The summed E-state index contributed by atoms with van der Waals surface area (Å²) in [6.45, 7) is 1.33. The smallest absolute Gasteiger partial charge is 0.254 e. The van der Waals surface area contributed by atoms with E-state index in [9.17, 15) is 4.79 Å². The lowest BCUT2D eigenvalue weighted by atomic mass is 10.0. The van der Waals surface area contributed by atoms with Crippen molar-refractivity contribution in [2.45, 2.75) is 25.3 Å². The molecule has 1 fully saturated rings. The van der Waals surface area contributed by atoms with Crippen molar-refractivity contribution < 1.29 is 4.79 Å². The zero-order valence-electron chi connectivity index (χ0n) is 9.73. The van der Waals surface area contributed by atoms with E-state index in [2.05, 4.69) is 0 Å². The molecule has 1 saturated heterocycles. The van der Waals surface area contributed by atoms with Gasteiger partial charge in [0.25, 0.3) is 5.91 Å². The van der Waals surface area contributed by atoms with Crippen molar-refractivity contribution in [3.63, 3.8) is 0 Å². The normalized spacial score (nSPS) is 20.4. The Balaban J connectivity index is 2.18. The van der Waals surface area contributed by atoms with Gasteiger partial charge in [0.15, 0.2) is 0 Å². The second-order valence-electron chi connectivity index (χ2n) is 4.39. The van der Waals surface area contributed by atoms with Crippen LogP contribution in [0, 0.1) is 0 Å². The van der Waals surface area contributed by atoms with E-state index in [0.717, 1.165) is 25.8 Å². The molecule has 2 N–H and O–H groups in total. The molecule has 0 spiro atoms. The third kappa shape index (κ3) is 2.79. The minimum Gasteiger partial charge on any atom is -0.334 e. The van der Waals surface area contributed by atoms with Gasteiger partial charge in [-0.25, -0.2) is 0 Å². The van der Waals surface area contributed by atoms with Gasteiger partial charge in [-0.1, -0.05) is 17.7 Å². The summed E-state index contributed by atoms with van der Waals surface area (Å²) in [6, 6.07) is 7.27. The zero-order valence-corrected chi connectivity index (χ0v) is 10.5. The maximum Gasteiger partial charge on any atom is 0.254 e. The number of amides is 1. The molecule has 3 nitrogen and oxygen atoms in total. The highest BCUT2D eigenvalue weighted by atomic mass is 35.5. The Morgan fingerprint density at radius 2 is 2.29 bits per heavy atom. The van der Waals surface area contributed by atoms with Crippen molar-refractivity contribution >= 4 is 17.5 Å². The minimum absolute atomic E-state index is 0.0441. The van der Waals surface area contributed by atoms with Gasteiger partial charge in [-0.3, -0.25) is 4.79 Å². The van der Waals surface area contributed by atoms with Gasteiger partial charge in [0, 0.05) is 29.7 Å². The van der Waals surface area contributed by atoms with Crippen molar-refractivity contribution in [1.29, 1.82) is 0 Å². The van der Waals surface area contributed by atoms with Gasteiger partial charge in [-0.2, -0.15) is 0 Å². The summed E-state index contributed by atoms with van der Waals surface area (Å²) in [5.74, 6) is 0.0441. The van der Waals surface area contributed by atoms with Crippen molar-refractivity contribution in [1.82, 2.24) is 4.90 Å². The first kappa shape index (κ1) is 12.4. The lowest BCUT2D eigenvalue weighted by Gasteiger charge is -2.35. The third-order valence-electron chi connectivity index (χ3n) is 3.23. The Morgan fingerprint density at radius 3 is 3.00 bits per heavy atom. The standard InChI is InChI=1S/C13H17ClN2O/c14-11-5-3-4-10(8-11)13(17)16-7-2-1-6-12(16)9-15/h3-5,8,12H,1-2,6-7,9,15H2/t12-/m1/s1. The Hall–Kier alpha value is -1.06. The van der Waals surface area contributed by atoms with Crippen molar-refractivity contribution in [2.24, 2.45) is 5.73 Å². The Bertz CT molecular complexity index is 408. The molecule has 0 aromatic heterocycles. The number of benzene rings is 1. The number of hydrogen-bond acceptors (Lipinski definition) is 2. The molecule has 0 bridgehead atoms. The molecular formula is C13H17ClN2O. The first-order valence-corrected chi connectivity index (χ1v) is 6.37. The van der Waals surface area contributed by atoms with Crippen LogP contribution in [0.1, 0.15) is 29.6 Å². The van der Waals surface area contributed by atoms with E-state index in [0.29, 0.717) is 17.1 Å². The second kappa shape index (κ2) is 5.52. The molecule has 1 atom stereocenters. The number of rotatable bonds is 2. The number of likely N-dealkylation sites (tertiary alicyclic amines) is 1. The largest absolute Gasteiger partial charge is 0.334 e. The molecule has 0 radical (unpaired) electrons. The minimum atomic E-state index is 0.0441. The van der Waals surface area contributed by atoms with Gasteiger partial charge in [-0.05, 0) is 37.5 Å². The van der Waals surface area contributed by atoms with E-state index in [1.165, 1.54) is 0 Å². The summed E-state index contributed by atoms with van der Waals surface area (Å²) in [4.78, 5) is 14.2. The number of hydrogen-bond donors (Lipinski definition) is 1. The van der Waals surface area contributed by atoms with Crippen LogP contribution < -0.4 is 5.73 Å². The number of nitrogens with zero attached hydrogens (tertiary/aromatic N) is 1. The molecule has 0 unspecified atom stereocenters. The highest BCUT2D eigenvalue weighted by molar-refractivity contribution is 6.30. The van der Waals surface area contributed by atoms with Gasteiger partial charge in [0.05, 0.1) is 0 Å². The van der Waals surface area contributed by atoms with E-state index >= 15 is 0 Å². The van der Waals surface area contributed by atoms with Crippen LogP contribution in [0.15, 0.2) is 24.3 Å². The Kier molecular flexibility index (Phi) is 4.02. The zero-order chi connectivity index (χ0) is 12.3. The highest BCUT2D eigenvalue weighted by Crippen LogP contribution is 2.20. The van der Waals surface area contributed by atoms with E-state index in [-0.39, 0.29) is 11.9 Å². The number of piperidine rings is 1. The topological polar surface area (TPSA) is 46.3 Å². The molecule has 1 aliphatic heterocycles. The van der Waals surface area contributed by atoms with E-state index in [4.69, 9.17) is 17.3 Å². The molecule has 1 amide bonds. The molecule has 92 valence electrons. The maximum absolute atomic E-state index is 12.3. The number of carbonyl (C=O) groups is 1. The Labute approximate surface area is 107 Å². The first-order valence-electron chi connectivity index (χ1n) is 5.99. The Morgan fingerprint density at radius 1 is 1.47 bits per heavy atom. The number of halogens is 1. The van der Waals surface area contributed by atoms with Gasteiger partial charge in [0.1, 0.15) is 0 Å². The average molecular weight is 253 g/mol. The summed E-state index contributed by atoms with van der Waals surface area (Å²) < 4.78 is 0. The molecule has 0 saturated carbocycles. The fraction of sp³-hybridized carbons (Fsp3) is 0.462. The van der Waals surface area contributed by atoms with Gasteiger partial charge >= 0.3 is 0 Å². The molecular weight excluding hydrogens is 236 g/mol. The monoisotopic (exact) mass is 252 g/mol. The number of carbonyl (C=O) groups excluding carboxylic acids is 1. The van der Waals surface area contributed by atoms with Crippen LogP contribution in [0.5, 0.6) is 0 Å². The van der Waals surface area contributed by atoms with Crippen molar-refractivity contribution in [2.75, 3.05) is 13.1 Å². The van der Waals surface area contributed by atoms with Crippen LogP contribution in [0.25, 0.3) is 0 Å². The molecule has 4 heteroatoms. The predicted octanol–water partition coefficient (Wildman–Crippen LogP) is 2.29. The van der Waals surface area contributed by atoms with E-state index in [1.54, 1.807) is 24.3 Å². The summed E-state index contributed by atoms with van der Waals surface area (Å²) in [7, 11) is 0. The van der Waals surface area contributed by atoms with Gasteiger partial charge < -0.3 is 10.6 Å². The van der Waals surface area contributed by atoms with Crippen LogP contribution in [-0.4, -0.2) is 29.9 Å². The van der Waals surface area contributed by atoms with Gasteiger partial charge in [0.2, 0.25) is 0 Å². The maximum atomic E-state index is 12.3. The molecule has 1 aromatic rings. The molecule has 1 aliphatic rings. The predicted molar refractivity (Wildman–Crippen MR) is 69.2 cm³/mol. The van der Waals surface area contributed by atoms with Crippen molar-refractivity contribution in [3.8, 4) is 0 Å². The molecule has 1 aromatic carbocycles. The molecule has 2 rings (SSSR count). The summed E-state index contributed by atoms with van der Waals surface area (Å²) in [5.41, 5.74) is 6.37. The average Bonchev–Trinajstić information content (AvgIpc) is 2.38. The summed E-state index contributed by atoms with van der Waals surface area (Å²) >= 11 is 5.90. The molecule has 1 heterocycles. The van der Waals surface area contributed by atoms with Crippen LogP contribution >= 0.6 is 11.6 Å². The van der Waals surface area contributed by atoms with Crippen molar-refractivity contribution in [3.05, 3.63) is 34.9 Å². The third-order valence-corrected chi connectivity index (χ3v) is 3.47. The summed E-state index contributed by atoms with van der Waals surface area (Å²) in [6.07, 6.45) is 3.22. The first-order chi connectivity index (χ1) is 8.22. The lowest BCUT2D eigenvalue weighted by molar-refractivity contribution is 0.0623. The SMILES string of the molecule is NC[C@H]1CCCCN1C(=O)c1cccc(Cl)c1. The van der Waals surface area contributed by atoms with Crippen LogP contribution in [0.4, 0.5) is 0 Å². The van der Waals surface area contributed by atoms with Crippen LogP contribution in [0.2, 0.25) is 5.02 Å². The quantitative estimate of drug-likeness (QED) is 0.878. The molecule has 0 aliphatic carbocycles. The second-order valence-corrected chi connectivity index (χ2v) is 4.83. The highest BCUT2D eigenvalue weighted by Gasteiger charge is 2.26. The fourth-order valence-corrected chi connectivity index (χ4v) is 2.49. The van der Waals surface area contributed by atoms with E-state index < -0.39 is 0 Å². The van der Waals surface area contributed by atoms with Crippen LogP contribution in [0.3, 0.4) is 0 Å². The van der Waals surface area contributed by atoms with Crippen LogP contribution in [-0.2, 0) is 0 Å². The van der Waals surface area contributed by atoms with Gasteiger partial charge in [-0.15, -0.1) is 0 Å². The lowest BCUT2D eigenvalue weighted by Crippen LogP contribution is -2.47. The van der Waals surface area contributed by atoms with E-state index in [1.807, 2.05) is 4.90 Å². The number of nitrogens with two attached hydrogens (primary N) is 1.